The summed E-state index contributed by atoms with van der Waals surface area (Å²) in [5, 5.41) is 3.80. The molecule has 0 radical (unpaired) electrons. The summed E-state index contributed by atoms with van der Waals surface area (Å²) in [7, 11) is 0. The minimum absolute atomic E-state index is 0.673. The van der Waals surface area contributed by atoms with Crippen LogP contribution in [0.3, 0.4) is 0 Å². The lowest BCUT2D eigenvalue weighted by atomic mass is 10.1. The van der Waals surface area contributed by atoms with Gasteiger partial charge in [-0.15, -0.1) is 0 Å². The van der Waals surface area contributed by atoms with E-state index in [-0.39, 0.29) is 0 Å². The third-order valence-electron chi connectivity index (χ3n) is 5.20. The average molecular weight is 262 g/mol. The molecule has 108 valence electrons. The molecule has 0 bridgehead atoms. The molecule has 0 spiro atoms. The Morgan fingerprint density at radius 3 is 2.63 bits per heavy atom. The second-order valence-electron chi connectivity index (χ2n) is 6.76. The smallest absolute Gasteiger partial charge is 0.0407 e. The van der Waals surface area contributed by atoms with Crippen LogP contribution in [0.5, 0.6) is 0 Å². The first-order valence-corrected chi connectivity index (χ1v) is 8.57. The Bertz CT molecular complexity index is 300. The van der Waals surface area contributed by atoms with Crippen LogP contribution in [-0.4, -0.2) is 36.6 Å². The van der Waals surface area contributed by atoms with Crippen molar-refractivity contribution in [3.8, 4) is 0 Å². The van der Waals surface area contributed by atoms with Crippen LogP contribution in [0.25, 0.3) is 0 Å². The van der Waals surface area contributed by atoms with Gasteiger partial charge in [0, 0.05) is 25.2 Å². The Morgan fingerprint density at radius 2 is 1.74 bits per heavy atom. The number of rotatable bonds is 0. The van der Waals surface area contributed by atoms with E-state index in [1.54, 1.807) is 0 Å². The third kappa shape index (κ3) is 4.06. The lowest BCUT2D eigenvalue weighted by molar-refractivity contribution is 0.258. The molecule has 1 saturated heterocycles. The van der Waals surface area contributed by atoms with Crippen LogP contribution in [-0.2, 0) is 0 Å². The number of nitrogens with one attached hydrogen (secondary N) is 1. The number of hydrogen-bond donors (Lipinski definition) is 1. The largest absolute Gasteiger partial charge is 0.312 e. The van der Waals surface area contributed by atoms with Crippen LogP contribution in [0.4, 0.5) is 0 Å². The lowest BCUT2D eigenvalue weighted by Gasteiger charge is -2.24. The standard InChI is InChI=1S/C17H30N2/c1-2-4-6-9-15-13-17(15)18-14-16-10-8-12-19(16)11-7-5-3-1/h8,10,15-18H,1-7,9,11-14H2. The number of hydrogen-bond acceptors (Lipinski definition) is 2. The molecule has 3 rings (SSSR count). The van der Waals surface area contributed by atoms with E-state index in [0.29, 0.717) is 6.04 Å². The molecule has 3 unspecified atom stereocenters. The minimum Gasteiger partial charge on any atom is -0.312 e. The van der Waals surface area contributed by atoms with Gasteiger partial charge in [-0.3, -0.25) is 4.90 Å². The van der Waals surface area contributed by atoms with Crippen LogP contribution in [0.2, 0.25) is 0 Å². The molecule has 2 heteroatoms. The van der Waals surface area contributed by atoms with Crippen molar-refractivity contribution in [1.29, 1.82) is 0 Å². The van der Waals surface area contributed by atoms with Crippen molar-refractivity contribution in [3.63, 3.8) is 0 Å². The summed E-state index contributed by atoms with van der Waals surface area (Å²) in [5.74, 6) is 1.00. The van der Waals surface area contributed by atoms with Crippen LogP contribution in [0.1, 0.15) is 57.8 Å². The maximum Gasteiger partial charge on any atom is 0.0407 e. The van der Waals surface area contributed by atoms with Gasteiger partial charge < -0.3 is 5.32 Å². The third-order valence-corrected chi connectivity index (χ3v) is 5.20. The topological polar surface area (TPSA) is 15.3 Å². The SMILES string of the molecule is C1=CC2CNC3CC3CCCCCCCCCN2C1. The summed E-state index contributed by atoms with van der Waals surface area (Å²) in [6.07, 6.45) is 17.9. The molecule has 2 nitrogen and oxygen atoms in total. The van der Waals surface area contributed by atoms with E-state index < -0.39 is 0 Å². The molecule has 1 aliphatic carbocycles. The molecule has 0 aromatic rings. The maximum atomic E-state index is 3.80. The second-order valence-corrected chi connectivity index (χ2v) is 6.76. The molecule has 1 saturated carbocycles. The zero-order valence-electron chi connectivity index (χ0n) is 12.3. The first kappa shape index (κ1) is 13.6. The van der Waals surface area contributed by atoms with Gasteiger partial charge in [-0.1, -0.05) is 50.7 Å². The van der Waals surface area contributed by atoms with Gasteiger partial charge in [0.1, 0.15) is 0 Å². The van der Waals surface area contributed by atoms with E-state index in [4.69, 9.17) is 0 Å². The molecule has 0 aromatic heterocycles. The average Bonchev–Trinajstić information content (AvgIpc) is 3.01. The summed E-state index contributed by atoms with van der Waals surface area (Å²) in [5.41, 5.74) is 0. The predicted molar refractivity (Wildman–Crippen MR) is 81.3 cm³/mol. The molecule has 0 aromatic carbocycles. The van der Waals surface area contributed by atoms with Gasteiger partial charge in [-0.25, -0.2) is 0 Å². The molecule has 19 heavy (non-hydrogen) atoms. The molecule has 2 fully saturated rings. The highest BCUT2D eigenvalue weighted by atomic mass is 15.2. The number of nitrogens with zero attached hydrogens (tertiary/aromatic N) is 1. The fourth-order valence-electron chi connectivity index (χ4n) is 3.76. The Balaban J connectivity index is 1.48. The molecule has 3 atom stereocenters. The first-order chi connectivity index (χ1) is 9.43. The molecule has 0 amide bonds. The van der Waals surface area contributed by atoms with Gasteiger partial charge in [0.05, 0.1) is 0 Å². The highest BCUT2D eigenvalue weighted by Crippen LogP contribution is 2.35. The molecule has 3 aliphatic rings. The van der Waals surface area contributed by atoms with Crippen molar-refractivity contribution in [2.45, 2.75) is 69.9 Å². The van der Waals surface area contributed by atoms with E-state index in [0.717, 1.165) is 12.0 Å². The van der Waals surface area contributed by atoms with Crippen molar-refractivity contribution >= 4 is 0 Å². The van der Waals surface area contributed by atoms with Gasteiger partial charge in [0.25, 0.3) is 0 Å². The zero-order valence-corrected chi connectivity index (χ0v) is 12.3. The molecule has 2 heterocycles. The van der Waals surface area contributed by atoms with E-state index in [1.807, 2.05) is 0 Å². The Kier molecular flexibility index (Phi) is 4.95. The van der Waals surface area contributed by atoms with Gasteiger partial charge in [0.15, 0.2) is 0 Å². The van der Waals surface area contributed by atoms with Crippen molar-refractivity contribution in [1.82, 2.24) is 10.2 Å². The second kappa shape index (κ2) is 6.90. The Labute approximate surface area is 118 Å². The van der Waals surface area contributed by atoms with Crippen molar-refractivity contribution in [2.75, 3.05) is 19.6 Å². The van der Waals surface area contributed by atoms with E-state index in [2.05, 4.69) is 22.4 Å². The van der Waals surface area contributed by atoms with Gasteiger partial charge in [-0.2, -0.15) is 0 Å². The van der Waals surface area contributed by atoms with E-state index in [1.165, 1.54) is 77.4 Å². The Hall–Kier alpha value is -0.340. The fourth-order valence-corrected chi connectivity index (χ4v) is 3.76. The molecular formula is C17H30N2. The van der Waals surface area contributed by atoms with Gasteiger partial charge in [-0.05, 0) is 31.7 Å². The zero-order chi connectivity index (χ0) is 12.9. The van der Waals surface area contributed by atoms with Gasteiger partial charge in [0.2, 0.25) is 0 Å². The fraction of sp³-hybridized carbons (Fsp3) is 0.882. The highest BCUT2D eigenvalue weighted by Gasteiger charge is 2.36. The van der Waals surface area contributed by atoms with Gasteiger partial charge >= 0.3 is 0 Å². The van der Waals surface area contributed by atoms with Crippen LogP contribution in [0.15, 0.2) is 12.2 Å². The van der Waals surface area contributed by atoms with Crippen molar-refractivity contribution in [3.05, 3.63) is 12.2 Å². The predicted octanol–water partition coefficient (Wildman–Crippen LogP) is 3.34. The lowest BCUT2D eigenvalue weighted by Crippen LogP contribution is -2.39. The first-order valence-electron chi connectivity index (χ1n) is 8.57. The molecule has 1 N–H and O–H groups in total. The van der Waals surface area contributed by atoms with Crippen molar-refractivity contribution < 1.29 is 0 Å². The normalized spacial score (nSPS) is 38.0. The monoisotopic (exact) mass is 262 g/mol. The quantitative estimate of drug-likeness (QED) is 0.674. The maximum absolute atomic E-state index is 3.80. The summed E-state index contributed by atoms with van der Waals surface area (Å²) < 4.78 is 0. The highest BCUT2D eigenvalue weighted by molar-refractivity contribution is 5.06. The summed E-state index contributed by atoms with van der Waals surface area (Å²) >= 11 is 0. The molecular weight excluding hydrogens is 232 g/mol. The minimum atomic E-state index is 0.673. The van der Waals surface area contributed by atoms with E-state index >= 15 is 0 Å². The number of fused-ring (bicyclic) bond motifs is 2. The Morgan fingerprint density at radius 1 is 0.947 bits per heavy atom. The summed E-state index contributed by atoms with van der Waals surface area (Å²) in [6, 6.07) is 1.52. The van der Waals surface area contributed by atoms with Crippen molar-refractivity contribution in [2.24, 2.45) is 5.92 Å². The molecule has 2 aliphatic heterocycles. The van der Waals surface area contributed by atoms with Crippen LogP contribution < -0.4 is 5.32 Å². The summed E-state index contributed by atoms with van der Waals surface area (Å²) in [6.45, 7) is 3.66. The van der Waals surface area contributed by atoms with Crippen LogP contribution in [0, 0.1) is 5.92 Å². The summed E-state index contributed by atoms with van der Waals surface area (Å²) in [4.78, 5) is 2.66. The van der Waals surface area contributed by atoms with Crippen LogP contribution >= 0.6 is 0 Å². The van der Waals surface area contributed by atoms with E-state index in [9.17, 15) is 0 Å².